The Morgan fingerprint density at radius 3 is 2.41 bits per heavy atom. The number of esters is 1. The molecule has 0 aromatic heterocycles. The average molecular weight is 405 g/mol. The van der Waals surface area contributed by atoms with Crippen molar-refractivity contribution in [1.82, 2.24) is 0 Å². The van der Waals surface area contributed by atoms with Crippen molar-refractivity contribution in [2.75, 3.05) is 12.8 Å². The predicted molar refractivity (Wildman–Crippen MR) is 90.8 cm³/mol. The lowest BCUT2D eigenvalue weighted by Gasteiger charge is -2.12. The van der Waals surface area contributed by atoms with Crippen molar-refractivity contribution in [3.05, 3.63) is 50.4 Å². The second kappa shape index (κ2) is 7.22. The summed E-state index contributed by atoms with van der Waals surface area (Å²) in [5.74, 6) is 0.475. The molecule has 2 aromatic carbocycles. The summed E-state index contributed by atoms with van der Waals surface area (Å²) in [5, 5.41) is 0.610. The van der Waals surface area contributed by atoms with Crippen molar-refractivity contribution >= 4 is 50.8 Å². The number of hydrogen-bond donors (Lipinski definition) is 1. The summed E-state index contributed by atoms with van der Waals surface area (Å²) >= 11 is 15.7. The van der Waals surface area contributed by atoms with Crippen LogP contribution >= 0.6 is 39.1 Å². The second-order valence-electron chi connectivity index (χ2n) is 4.43. The molecule has 116 valence electrons. The van der Waals surface area contributed by atoms with Gasteiger partial charge in [-0.05, 0) is 51.8 Å². The molecule has 0 spiro atoms. The third-order valence-corrected chi connectivity index (χ3v) is 4.07. The van der Waals surface area contributed by atoms with Gasteiger partial charge >= 0.3 is 5.97 Å². The molecule has 0 amide bonds. The van der Waals surface area contributed by atoms with Gasteiger partial charge in [0, 0.05) is 10.2 Å². The number of rotatable bonds is 4. The zero-order chi connectivity index (χ0) is 16.3. The van der Waals surface area contributed by atoms with Crippen molar-refractivity contribution in [2.24, 2.45) is 0 Å². The second-order valence-corrected chi connectivity index (χ2v) is 6.10. The van der Waals surface area contributed by atoms with Gasteiger partial charge in [-0.3, -0.25) is 4.79 Å². The third-order valence-electron chi connectivity index (χ3n) is 2.83. The largest absolute Gasteiger partial charge is 0.469 e. The quantitative estimate of drug-likeness (QED) is 0.584. The van der Waals surface area contributed by atoms with E-state index in [-0.39, 0.29) is 12.4 Å². The van der Waals surface area contributed by atoms with Gasteiger partial charge in [-0.15, -0.1) is 0 Å². The summed E-state index contributed by atoms with van der Waals surface area (Å²) in [6.07, 6.45) is 0.0869. The number of benzene rings is 2. The molecule has 0 fully saturated rings. The maximum atomic E-state index is 11.3. The van der Waals surface area contributed by atoms with E-state index in [2.05, 4.69) is 20.7 Å². The Balaban J connectivity index is 2.28. The summed E-state index contributed by atoms with van der Waals surface area (Å²) < 4.78 is 11.0. The first-order valence-corrected chi connectivity index (χ1v) is 7.73. The molecule has 0 atom stereocenters. The van der Waals surface area contributed by atoms with Crippen molar-refractivity contribution < 1.29 is 14.3 Å². The van der Waals surface area contributed by atoms with E-state index in [0.717, 1.165) is 0 Å². The lowest BCUT2D eigenvalue weighted by Crippen LogP contribution is -2.04. The maximum Gasteiger partial charge on any atom is 0.309 e. The molecule has 2 N–H and O–H groups in total. The van der Waals surface area contributed by atoms with Gasteiger partial charge < -0.3 is 15.2 Å². The van der Waals surface area contributed by atoms with Crippen LogP contribution in [0.3, 0.4) is 0 Å². The summed E-state index contributed by atoms with van der Waals surface area (Å²) in [7, 11) is 1.32. The van der Waals surface area contributed by atoms with Crippen molar-refractivity contribution in [2.45, 2.75) is 6.42 Å². The Morgan fingerprint density at radius 2 is 1.86 bits per heavy atom. The summed E-state index contributed by atoms with van der Waals surface area (Å²) in [6.45, 7) is 0. The fourth-order valence-electron chi connectivity index (χ4n) is 1.74. The molecule has 0 saturated carbocycles. The lowest BCUT2D eigenvalue weighted by molar-refractivity contribution is -0.139. The van der Waals surface area contributed by atoms with Gasteiger partial charge in [-0.25, -0.2) is 0 Å². The molecule has 4 nitrogen and oxygen atoms in total. The highest BCUT2D eigenvalue weighted by Gasteiger charge is 2.13. The van der Waals surface area contributed by atoms with E-state index in [1.54, 1.807) is 30.3 Å². The first-order valence-electron chi connectivity index (χ1n) is 6.18. The molecule has 0 unspecified atom stereocenters. The van der Waals surface area contributed by atoms with Gasteiger partial charge in [-0.2, -0.15) is 0 Å². The van der Waals surface area contributed by atoms with E-state index in [1.165, 1.54) is 7.11 Å². The standard InChI is InChI=1S/C15H12BrCl2NO3/c1-21-14(20)6-8-4-11(17)15(12(18)5-8)22-9-2-3-13(19)10(16)7-9/h2-5,7H,6,19H2,1H3. The molecule has 2 rings (SSSR count). The topological polar surface area (TPSA) is 61.5 Å². The number of nitrogen functional groups attached to an aromatic ring is 1. The van der Waals surface area contributed by atoms with Crippen LogP contribution < -0.4 is 10.5 Å². The van der Waals surface area contributed by atoms with E-state index >= 15 is 0 Å². The molecule has 0 bridgehead atoms. The molecule has 0 heterocycles. The molecule has 0 aliphatic rings. The predicted octanol–water partition coefficient (Wildman–Crippen LogP) is 4.85. The Bertz CT molecular complexity index is 699. The Hall–Kier alpha value is -1.43. The molecule has 7 heteroatoms. The Morgan fingerprint density at radius 1 is 1.23 bits per heavy atom. The minimum absolute atomic E-state index is 0.0869. The van der Waals surface area contributed by atoms with Crippen LogP contribution in [-0.4, -0.2) is 13.1 Å². The summed E-state index contributed by atoms with van der Waals surface area (Å²) in [4.78, 5) is 11.3. The van der Waals surface area contributed by atoms with Gasteiger partial charge in [0.25, 0.3) is 0 Å². The highest BCUT2D eigenvalue weighted by molar-refractivity contribution is 9.10. The fourth-order valence-corrected chi connectivity index (χ4v) is 2.71. The highest BCUT2D eigenvalue weighted by atomic mass is 79.9. The van der Waals surface area contributed by atoms with E-state index in [4.69, 9.17) is 33.7 Å². The molecular weight excluding hydrogens is 393 g/mol. The van der Waals surface area contributed by atoms with E-state index in [9.17, 15) is 4.79 Å². The molecule has 0 radical (unpaired) electrons. The third kappa shape index (κ3) is 4.06. The van der Waals surface area contributed by atoms with Gasteiger partial charge in [0.05, 0.1) is 23.6 Å². The number of hydrogen-bond acceptors (Lipinski definition) is 4. The number of carbonyl (C=O) groups is 1. The van der Waals surface area contributed by atoms with Crippen LogP contribution in [0.5, 0.6) is 11.5 Å². The van der Waals surface area contributed by atoms with E-state index in [0.29, 0.717) is 37.3 Å². The van der Waals surface area contributed by atoms with Crippen molar-refractivity contribution in [3.63, 3.8) is 0 Å². The number of nitrogens with two attached hydrogens (primary N) is 1. The zero-order valence-corrected chi connectivity index (χ0v) is 14.6. The number of halogens is 3. The van der Waals surface area contributed by atoms with Gasteiger partial charge in [0.15, 0.2) is 5.75 Å². The monoisotopic (exact) mass is 403 g/mol. The van der Waals surface area contributed by atoms with E-state index in [1.807, 2.05) is 0 Å². The fraction of sp³-hybridized carbons (Fsp3) is 0.133. The molecule has 22 heavy (non-hydrogen) atoms. The van der Waals surface area contributed by atoms with Gasteiger partial charge in [0.1, 0.15) is 5.75 Å². The first kappa shape index (κ1) is 16.9. The molecular formula is C15H12BrCl2NO3. The average Bonchev–Trinajstić information content (AvgIpc) is 2.46. The normalized spacial score (nSPS) is 10.4. The minimum atomic E-state index is -0.372. The van der Waals surface area contributed by atoms with E-state index < -0.39 is 0 Å². The molecule has 0 aliphatic heterocycles. The van der Waals surface area contributed by atoms with Gasteiger partial charge in [-0.1, -0.05) is 23.2 Å². The van der Waals surface area contributed by atoms with Crippen LogP contribution in [0.25, 0.3) is 0 Å². The van der Waals surface area contributed by atoms with Crippen LogP contribution in [0.4, 0.5) is 5.69 Å². The maximum absolute atomic E-state index is 11.3. The van der Waals surface area contributed by atoms with Crippen LogP contribution in [0.2, 0.25) is 10.0 Å². The number of carbonyl (C=O) groups excluding carboxylic acids is 1. The first-order chi connectivity index (χ1) is 10.4. The van der Waals surface area contributed by atoms with Crippen LogP contribution in [0.15, 0.2) is 34.8 Å². The molecule has 0 aliphatic carbocycles. The molecule has 0 saturated heterocycles. The van der Waals surface area contributed by atoms with Crippen LogP contribution in [0.1, 0.15) is 5.56 Å². The van der Waals surface area contributed by atoms with Crippen LogP contribution in [0, 0.1) is 0 Å². The highest BCUT2D eigenvalue weighted by Crippen LogP contribution is 2.38. The minimum Gasteiger partial charge on any atom is -0.469 e. The Labute approximate surface area is 146 Å². The zero-order valence-electron chi connectivity index (χ0n) is 11.5. The smallest absolute Gasteiger partial charge is 0.309 e. The lowest BCUT2D eigenvalue weighted by atomic mass is 10.1. The van der Waals surface area contributed by atoms with Crippen molar-refractivity contribution in [3.8, 4) is 11.5 Å². The Kier molecular flexibility index (Phi) is 5.56. The SMILES string of the molecule is COC(=O)Cc1cc(Cl)c(Oc2ccc(N)c(Br)c2)c(Cl)c1. The van der Waals surface area contributed by atoms with Crippen molar-refractivity contribution in [1.29, 1.82) is 0 Å². The summed E-state index contributed by atoms with van der Waals surface area (Å²) in [6, 6.07) is 8.35. The number of anilines is 1. The summed E-state index contributed by atoms with van der Waals surface area (Å²) in [5.41, 5.74) is 6.96. The van der Waals surface area contributed by atoms with Crippen LogP contribution in [-0.2, 0) is 16.0 Å². The number of methoxy groups -OCH3 is 1. The van der Waals surface area contributed by atoms with Gasteiger partial charge in [0.2, 0.25) is 0 Å². The molecule has 2 aromatic rings. The number of ether oxygens (including phenoxy) is 2.